The van der Waals surface area contributed by atoms with Crippen molar-refractivity contribution in [1.29, 1.82) is 0 Å². The lowest BCUT2D eigenvalue weighted by Crippen LogP contribution is -2.66. The second kappa shape index (κ2) is 13.3. The van der Waals surface area contributed by atoms with Crippen molar-refractivity contribution in [2.75, 3.05) is 19.6 Å². The maximum atomic E-state index is 14.0. The van der Waals surface area contributed by atoms with Gasteiger partial charge in [0.05, 0.1) is 17.9 Å². The molecule has 0 bridgehead atoms. The molecule has 0 saturated heterocycles. The van der Waals surface area contributed by atoms with Crippen LogP contribution in [0.15, 0.2) is 11.1 Å². The number of hydrogen-bond acceptors (Lipinski definition) is 7. The van der Waals surface area contributed by atoms with Gasteiger partial charge in [0.15, 0.2) is 5.78 Å². The summed E-state index contributed by atoms with van der Waals surface area (Å²) in [6.07, 6.45) is 7.33. The molecule has 0 aromatic heterocycles. The van der Waals surface area contributed by atoms with E-state index in [9.17, 15) is 24.6 Å². The molecule has 50 heavy (non-hydrogen) atoms. The van der Waals surface area contributed by atoms with E-state index in [2.05, 4.69) is 67.2 Å². The maximum absolute atomic E-state index is 14.0. The SMILES string of the molecule is CC(C)C1=C2[C@H]3CC[C@@H]4[C@@]5(C)CC[C@H](OC(=O)CC(C)(C)C(=O)O)C(C)(C)[C@@H]5CC[C@@]4(C)[C@]3(C)CC[C@@]2([C@@H](O)CN(CCN)C(C)C)CC1=O. The molecule has 5 aliphatic rings. The van der Waals surface area contributed by atoms with Gasteiger partial charge in [0.25, 0.3) is 0 Å². The van der Waals surface area contributed by atoms with Crippen molar-refractivity contribution in [2.24, 2.45) is 61.9 Å². The first kappa shape index (κ1) is 39.4. The van der Waals surface area contributed by atoms with Gasteiger partial charge < -0.3 is 20.7 Å². The van der Waals surface area contributed by atoms with Crippen molar-refractivity contribution in [3.8, 4) is 0 Å². The fraction of sp³-hybridized carbons (Fsp3) is 0.881. The zero-order chi connectivity index (χ0) is 37.4. The number of aliphatic carboxylic acids is 1. The average Bonchev–Trinajstić information content (AvgIpc) is 3.31. The molecule has 4 fully saturated rings. The minimum absolute atomic E-state index is 0.00191. The Labute approximate surface area is 302 Å². The zero-order valence-corrected chi connectivity index (χ0v) is 33.3. The van der Waals surface area contributed by atoms with E-state index in [1.54, 1.807) is 13.8 Å². The molecule has 0 unspecified atom stereocenters. The topological polar surface area (TPSA) is 130 Å². The van der Waals surface area contributed by atoms with Crippen molar-refractivity contribution in [3.63, 3.8) is 0 Å². The number of allylic oxidation sites excluding steroid dienone is 1. The van der Waals surface area contributed by atoms with Crippen LogP contribution in [0.5, 0.6) is 0 Å². The van der Waals surface area contributed by atoms with Crippen molar-refractivity contribution < 1.29 is 29.3 Å². The zero-order valence-electron chi connectivity index (χ0n) is 33.3. The van der Waals surface area contributed by atoms with Gasteiger partial charge in [-0.2, -0.15) is 0 Å². The van der Waals surface area contributed by atoms with Gasteiger partial charge in [0.2, 0.25) is 0 Å². The number of fused-ring (bicyclic) bond motifs is 7. The summed E-state index contributed by atoms with van der Waals surface area (Å²) in [4.78, 5) is 41.1. The second-order valence-electron chi connectivity index (χ2n) is 20.0. The number of nitrogens with two attached hydrogens (primary N) is 1. The molecule has 284 valence electrons. The first-order chi connectivity index (χ1) is 23.0. The van der Waals surface area contributed by atoms with E-state index in [1.165, 1.54) is 5.57 Å². The number of aliphatic hydroxyl groups is 1. The summed E-state index contributed by atoms with van der Waals surface area (Å²) in [7, 11) is 0. The highest BCUT2D eigenvalue weighted by Gasteiger charge is 2.70. The largest absolute Gasteiger partial charge is 0.481 e. The predicted molar refractivity (Wildman–Crippen MR) is 197 cm³/mol. The average molecular weight is 699 g/mol. The molecule has 0 spiro atoms. The Morgan fingerprint density at radius 2 is 1.60 bits per heavy atom. The summed E-state index contributed by atoms with van der Waals surface area (Å²) in [6, 6.07) is 0.261. The monoisotopic (exact) mass is 699 g/mol. The maximum Gasteiger partial charge on any atom is 0.309 e. The van der Waals surface area contributed by atoms with E-state index < -0.39 is 28.9 Å². The molecule has 0 amide bonds. The van der Waals surface area contributed by atoms with Crippen molar-refractivity contribution >= 4 is 17.7 Å². The quantitative estimate of drug-likeness (QED) is 0.190. The van der Waals surface area contributed by atoms with Crippen LogP contribution in [0.3, 0.4) is 0 Å². The number of aliphatic hydroxyl groups excluding tert-OH is 1. The Hall–Kier alpha value is -1.77. The van der Waals surface area contributed by atoms with Crippen LogP contribution in [0.2, 0.25) is 0 Å². The minimum Gasteiger partial charge on any atom is -0.481 e. The van der Waals surface area contributed by atoms with E-state index in [4.69, 9.17) is 10.5 Å². The van der Waals surface area contributed by atoms with Crippen LogP contribution in [0.25, 0.3) is 0 Å². The van der Waals surface area contributed by atoms with Crippen LogP contribution in [0.4, 0.5) is 0 Å². The number of nitrogens with zero attached hydrogens (tertiary/aromatic N) is 1. The van der Waals surface area contributed by atoms with Crippen LogP contribution in [0.1, 0.15) is 140 Å². The van der Waals surface area contributed by atoms with Gasteiger partial charge in [-0.05, 0) is 125 Å². The lowest BCUT2D eigenvalue weighted by molar-refractivity contribution is -0.235. The molecule has 4 saturated carbocycles. The predicted octanol–water partition coefficient (Wildman–Crippen LogP) is 7.41. The van der Waals surface area contributed by atoms with Crippen molar-refractivity contribution in [2.45, 2.75) is 159 Å². The van der Waals surface area contributed by atoms with Gasteiger partial charge in [-0.15, -0.1) is 0 Å². The smallest absolute Gasteiger partial charge is 0.309 e. The molecule has 4 N–H and O–H groups in total. The van der Waals surface area contributed by atoms with Crippen LogP contribution in [-0.4, -0.2) is 70.7 Å². The summed E-state index contributed by atoms with van der Waals surface area (Å²) in [5.74, 6) is 0.102. The number of esters is 1. The standard InChI is InChI=1S/C42H70N2O6/c1-25(2)34-28(45)22-42(31(46)24-44(21-20-43)26(3)4)19-18-40(10)27(35(34)42)12-13-30-39(9)16-15-32(50-33(47)23-37(5,6)36(48)49)38(7,8)29(39)14-17-41(30,40)11/h25-27,29-32,46H,12-24,43H2,1-11H3,(H,48,49)/t27-,29+,30-,31+,32+,39+,40-,41-,42+/m1/s1. The molecule has 5 rings (SSSR count). The summed E-state index contributed by atoms with van der Waals surface area (Å²) >= 11 is 0. The number of carbonyl (C=O) groups is 3. The number of rotatable bonds is 11. The Bertz CT molecular complexity index is 1380. The van der Waals surface area contributed by atoms with Crippen LogP contribution < -0.4 is 5.73 Å². The summed E-state index contributed by atoms with van der Waals surface area (Å²) in [5.41, 5.74) is 6.54. The summed E-state index contributed by atoms with van der Waals surface area (Å²) in [5, 5.41) is 21.9. The molecule has 5 aliphatic carbocycles. The van der Waals surface area contributed by atoms with Crippen molar-refractivity contribution in [1.82, 2.24) is 4.90 Å². The Balaban J connectivity index is 1.46. The lowest BCUT2D eigenvalue weighted by atomic mass is 9.33. The van der Waals surface area contributed by atoms with Gasteiger partial charge in [-0.1, -0.05) is 54.0 Å². The first-order valence-electron chi connectivity index (χ1n) is 19.9. The third-order valence-corrected chi connectivity index (χ3v) is 16.1. The van der Waals surface area contributed by atoms with Gasteiger partial charge in [-0.25, -0.2) is 0 Å². The second-order valence-corrected chi connectivity index (χ2v) is 20.0. The molecular weight excluding hydrogens is 628 g/mol. The third kappa shape index (κ3) is 5.94. The molecule has 0 aliphatic heterocycles. The van der Waals surface area contributed by atoms with Crippen LogP contribution in [0, 0.1) is 56.2 Å². The van der Waals surface area contributed by atoms with Crippen LogP contribution in [-0.2, 0) is 19.1 Å². The molecule has 8 heteroatoms. The minimum atomic E-state index is -1.16. The Kier molecular flexibility index (Phi) is 10.5. The number of carboxylic acids is 1. The normalized spacial score (nSPS) is 38.8. The molecule has 0 aromatic rings. The van der Waals surface area contributed by atoms with Gasteiger partial charge >= 0.3 is 11.9 Å². The highest BCUT2D eigenvalue weighted by atomic mass is 16.5. The number of ketones is 1. The van der Waals surface area contributed by atoms with E-state index in [0.717, 1.165) is 63.5 Å². The molecular formula is C42H70N2O6. The number of ether oxygens (including phenoxy) is 1. The van der Waals surface area contributed by atoms with Gasteiger partial charge in [-0.3, -0.25) is 19.3 Å². The summed E-state index contributed by atoms with van der Waals surface area (Å²) < 4.78 is 6.16. The van der Waals surface area contributed by atoms with E-state index in [1.807, 2.05) is 0 Å². The fourth-order valence-electron chi connectivity index (χ4n) is 13.0. The van der Waals surface area contributed by atoms with Crippen LogP contribution >= 0.6 is 0 Å². The number of hydrogen-bond donors (Lipinski definition) is 3. The van der Waals surface area contributed by atoms with E-state index in [0.29, 0.717) is 31.3 Å². The highest BCUT2D eigenvalue weighted by Crippen LogP contribution is 2.77. The highest BCUT2D eigenvalue weighted by molar-refractivity contribution is 6.00. The van der Waals surface area contributed by atoms with Gasteiger partial charge in [0, 0.05) is 42.9 Å². The first-order valence-corrected chi connectivity index (χ1v) is 19.9. The third-order valence-electron chi connectivity index (χ3n) is 16.1. The molecule has 8 nitrogen and oxygen atoms in total. The fourth-order valence-corrected chi connectivity index (χ4v) is 13.0. The molecule has 0 radical (unpaired) electrons. The molecule has 0 heterocycles. The summed E-state index contributed by atoms with van der Waals surface area (Å²) in [6.45, 7) is 25.8. The lowest BCUT2D eigenvalue weighted by Gasteiger charge is -2.72. The Morgan fingerprint density at radius 1 is 0.940 bits per heavy atom. The molecule has 0 aromatic carbocycles. The van der Waals surface area contributed by atoms with E-state index in [-0.39, 0.29) is 57.8 Å². The number of carboxylic acid groups (broad SMARTS) is 1. The number of Topliss-reactive ketones (excluding diaryl/α,β-unsaturated/α-hetero) is 1. The van der Waals surface area contributed by atoms with Crippen molar-refractivity contribution in [3.05, 3.63) is 11.1 Å². The van der Waals surface area contributed by atoms with Gasteiger partial charge in [0.1, 0.15) is 6.10 Å². The Morgan fingerprint density at radius 3 is 2.18 bits per heavy atom. The molecule has 9 atom stereocenters. The number of carbonyl (C=O) groups excluding carboxylic acids is 2. The van der Waals surface area contributed by atoms with E-state index >= 15 is 0 Å².